The van der Waals surface area contributed by atoms with Crippen molar-refractivity contribution < 1.29 is 23.3 Å². The van der Waals surface area contributed by atoms with Crippen molar-refractivity contribution in [3.8, 4) is 0 Å². The van der Waals surface area contributed by atoms with Crippen molar-refractivity contribution in [3.05, 3.63) is 41.5 Å². The highest BCUT2D eigenvalue weighted by molar-refractivity contribution is 7.85. The van der Waals surface area contributed by atoms with E-state index in [2.05, 4.69) is 16.7 Å². The first-order valence-corrected chi connectivity index (χ1v) is 10.7. The predicted molar refractivity (Wildman–Crippen MR) is 106 cm³/mol. The lowest BCUT2D eigenvalue weighted by Gasteiger charge is -2.13. The largest absolute Gasteiger partial charge is 0.452 e. The van der Waals surface area contributed by atoms with Gasteiger partial charge in [0.05, 0.1) is 21.3 Å². The molecule has 0 aromatic heterocycles. The van der Waals surface area contributed by atoms with Gasteiger partial charge in [-0.1, -0.05) is 30.7 Å². The van der Waals surface area contributed by atoms with Crippen LogP contribution in [0.15, 0.2) is 40.8 Å². The average molecular weight is 407 g/mol. The van der Waals surface area contributed by atoms with E-state index in [4.69, 9.17) is 4.74 Å². The van der Waals surface area contributed by atoms with Crippen molar-refractivity contribution in [2.75, 3.05) is 18.9 Å². The van der Waals surface area contributed by atoms with Crippen LogP contribution in [0.2, 0.25) is 0 Å². The number of imide groups is 1. The second-order valence-electron chi connectivity index (χ2n) is 6.37. The molecule has 0 aliphatic heterocycles. The number of esters is 1. The summed E-state index contributed by atoms with van der Waals surface area (Å²) in [6.07, 6.45) is 7.50. The summed E-state index contributed by atoms with van der Waals surface area (Å²) >= 11 is 0. The van der Waals surface area contributed by atoms with Crippen LogP contribution in [-0.4, -0.2) is 41.0 Å². The van der Waals surface area contributed by atoms with Crippen molar-refractivity contribution in [1.29, 1.82) is 0 Å². The van der Waals surface area contributed by atoms with Gasteiger partial charge in [0.25, 0.3) is 5.91 Å². The van der Waals surface area contributed by atoms with E-state index in [9.17, 15) is 18.6 Å². The number of rotatable bonds is 8. The summed E-state index contributed by atoms with van der Waals surface area (Å²) in [5.74, 6) is -1.11. The monoisotopic (exact) mass is 406 g/mol. The molecule has 28 heavy (non-hydrogen) atoms. The molecule has 0 heterocycles. The zero-order valence-electron chi connectivity index (χ0n) is 16.0. The van der Waals surface area contributed by atoms with Gasteiger partial charge in [-0.15, -0.1) is 0 Å². The maximum atomic E-state index is 12.2. The molecular formula is C20H26N2O5S. The third kappa shape index (κ3) is 6.92. The third-order valence-corrected chi connectivity index (χ3v) is 5.69. The average Bonchev–Trinajstić information content (AvgIpc) is 2.72. The molecular weight excluding hydrogens is 380 g/mol. The molecule has 3 amide bonds. The molecule has 2 N–H and O–H groups in total. The molecule has 1 aromatic rings. The predicted octanol–water partition coefficient (Wildman–Crippen LogP) is 2.69. The van der Waals surface area contributed by atoms with Crippen molar-refractivity contribution >= 4 is 28.7 Å². The fourth-order valence-corrected chi connectivity index (χ4v) is 3.81. The minimum Gasteiger partial charge on any atom is -0.452 e. The van der Waals surface area contributed by atoms with Gasteiger partial charge in [-0.2, -0.15) is 0 Å². The molecule has 1 atom stereocenters. The Kier molecular flexibility index (Phi) is 8.87. The van der Waals surface area contributed by atoms with E-state index in [1.165, 1.54) is 24.5 Å². The molecule has 0 fully saturated rings. The van der Waals surface area contributed by atoms with Gasteiger partial charge in [0.15, 0.2) is 6.61 Å². The Morgan fingerprint density at radius 3 is 2.68 bits per heavy atom. The van der Waals surface area contributed by atoms with Gasteiger partial charge >= 0.3 is 12.0 Å². The summed E-state index contributed by atoms with van der Waals surface area (Å²) < 4.78 is 17.0. The molecule has 8 heteroatoms. The van der Waals surface area contributed by atoms with Crippen molar-refractivity contribution in [2.45, 2.75) is 43.9 Å². The van der Waals surface area contributed by atoms with E-state index < -0.39 is 35.3 Å². The van der Waals surface area contributed by atoms with Gasteiger partial charge in [0, 0.05) is 12.3 Å². The summed E-state index contributed by atoms with van der Waals surface area (Å²) in [6, 6.07) is 5.77. The van der Waals surface area contributed by atoms with Crippen LogP contribution in [0.5, 0.6) is 0 Å². The van der Waals surface area contributed by atoms with E-state index in [-0.39, 0.29) is 5.56 Å². The van der Waals surface area contributed by atoms with Crippen LogP contribution in [0.1, 0.15) is 49.4 Å². The fourth-order valence-electron chi connectivity index (χ4n) is 2.87. The number of carbonyl (C=O) groups excluding carboxylic acids is 3. The van der Waals surface area contributed by atoms with E-state index in [0.29, 0.717) is 17.2 Å². The highest BCUT2D eigenvalue weighted by Crippen LogP contribution is 2.19. The van der Waals surface area contributed by atoms with Crippen LogP contribution in [0, 0.1) is 0 Å². The van der Waals surface area contributed by atoms with Gasteiger partial charge < -0.3 is 10.1 Å². The normalized spacial score (nSPS) is 14.5. The van der Waals surface area contributed by atoms with Crippen LogP contribution in [0.3, 0.4) is 0 Å². The van der Waals surface area contributed by atoms with Crippen molar-refractivity contribution in [3.63, 3.8) is 0 Å². The number of urea groups is 1. The van der Waals surface area contributed by atoms with E-state index in [0.717, 1.165) is 19.3 Å². The van der Waals surface area contributed by atoms with E-state index >= 15 is 0 Å². The molecule has 0 radical (unpaired) electrons. The molecule has 0 saturated carbocycles. The molecule has 1 aliphatic carbocycles. The minimum atomic E-state index is -1.32. The lowest BCUT2D eigenvalue weighted by Crippen LogP contribution is -2.41. The fraction of sp³-hybridized carbons (Fsp3) is 0.450. The molecule has 2 rings (SSSR count). The van der Waals surface area contributed by atoms with Gasteiger partial charge in [-0.3, -0.25) is 14.3 Å². The third-order valence-electron chi connectivity index (χ3n) is 4.32. The lowest BCUT2D eigenvalue weighted by molar-refractivity contribution is -0.123. The van der Waals surface area contributed by atoms with Gasteiger partial charge in [0.1, 0.15) is 0 Å². The number of benzene rings is 1. The highest BCUT2D eigenvalue weighted by Gasteiger charge is 2.17. The number of hydrogen-bond acceptors (Lipinski definition) is 5. The highest BCUT2D eigenvalue weighted by atomic mass is 32.2. The van der Waals surface area contributed by atoms with Gasteiger partial charge in [-0.25, -0.2) is 9.59 Å². The molecule has 0 unspecified atom stereocenters. The topological polar surface area (TPSA) is 102 Å². The number of amides is 3. The first kappa shape index (κ1) is 21.8. The zero-order chi connectivity index (χ0) is 20.4. The maximum Gasteiger partial charge on any atom is 0.339 e. The van der Waals surface area contributed by atoms with Crippen LogP contribution in [0.25, 0.3) is 0 Å². The molecule has 7 nitrogen and oxygen atoms in total. The Hall–Kier alpha value is -2.48. The quantitative estimate of drug-likeness (QED) is 0.511. The minimum absolute atomic E-state index is 0.153. The van der Waals surface area contributed by atoms with Gasteiger partial charge in [-0.05, 0) is 44.2 Å². The number of allylic oxidation sites excluding steroid dienone is 1. The molecule has 1 aromatic carbocycles. The number of nitrogens with one attached hydrogen (secondary N) is 2. The second kappa shape index (κ2) is 11.4. The number of carbonyl (C=O) groups is 3. The molecule has 0 bridgehead atoms. The Balaban J connectivity index is 1.74. The van der Waals surface area contributed by atoms with Crippen LogP contribution >= 0.6 is 0 Å². The first-order chi connectivity index (χ1) is 13.5. The lowest BCUT2D eigenvalue weighted by atomic mass is 9.97. The van der Waals surface area contributed by atoms with Gasteiger partial charge in [0.2, 0.25) is 0 Å². The van der Waals surface area contributed by atoms with Crippen LogP contribution in [0.4, 0.5) is 4.79 Å². The van der Waals surface area contributed by atoms with Crippen molar-refractivity contribution in [2.24, 2.45) is 0 Å². The molecule has 152 valence electrons. The van der Waals surface area contributed by atoms with Crippen LogP contribution in [-0.2, 0) is 20.3 Å². The first-order valence-electron chi connectivity index (χ1n) is 9.41. The smallest absolute Gasteiger partial charge is 0.339 e. The number of hydrogen-bond donors (Lipinski definition) is 2. The Morgan fingerprint density at radius 2 is 1.96 bits per heavy atom. The van der Waals surface area contributed by atoms with E-state index in [1.807, 2.05) is 0 Å². The summed E-state index contributed by atoms with van der Waals surface area (Å²) in [7, 11) is -1.32. The summed E-state index contributed by atoms with van der Waals surface area (Å²) in [5, 5.41) is 4.75. The second-order valence-corrected chi connectivity index (χ2v) is 8.08. The van der Waals surface area contributed by atoms with Crippen LogP contribution < -0.4 is 10.6 Å². The summed E-state index contributed by atoms with van der Waals surface area (Å²) in [5.41, 5.74) is 1.48. The SMILES string of the molecule is CC[S@](=O)c1ccccc1C(=O)OCC(=O)NC(=O)NCCC1=CCCCC1. The Bertz CT molecular complexity index is 776. The Labute approximate surface area is 167 Å². The van der Waals surface area contributed by atoms with E-state index in [1.54, 1.807) is 25.1 Å². The summed E-state index contributed by atoms with van der Waals surface area (Å²) in [4.78, 5) is 36.1. The van der Waals surface area contributed by atoms with Crippen molar-refractivity contribution in [1.82, 2.24) is 10.6 Å². The number of ether oxygens (including phenoxy) is 1. The Morgan fingerprint density at radius 1 is 1.18 bits per heavy atom. The zero-order valence-corrected chi connectivity index (χ0v) is 16.8. The molecule has 0 saturated heterocycles. The molecule has 1 aliphatic rings. The maximum absolute atomic E-state index is 12.2. The standard InChI is InChI=1S/C20H26N2O5S/c1-2-28(26)17-11-7-6-10-16(17)19(24)27-14-18(23)22-20(25)21-13-12-15-8-4-3-5-9-15/h6-8,10-11H,2-5,9,12-14H2,1H3,(H2,21,22,23,25)/t28-/m0/s1. The summed E-state index contributed by atoms with van der Waals surface area (Å²) in [6.45, 7) is 1.60. The molecule has 0 spiro atoms.